The molecule has 168 valence electrons. The Morgan fingerprint density at radius 1 is 1.09 bits per heavy atom. The quantitative estimate of drug-likeness (QED) is 0.304. The Morgan fingerprint density at radius 3 is 2.44 bits per heavy atom. The fourth-order valence-corrected chi connectivity index (χ4v) is 4.94. The molecular weight excluding hydrogens is 416 g/mol. The number of nitro groups is 1. The van der Waals surface area contributed by atoms with Crippen LogP contribution in [0.1, 0.15) is 35.1 Å². The van der Waals surface area contributed by atoms with Crippen LogP contribution >= 0.6 is 0 Å². The summed E-state index contributed by atoms with van der Waals surface area (Å²) >= 11 is 0. The summed E-state index contributed by atoms with van der Waals surface area (Å²) in [5.74, 6) is -1.76. The van der Waals surface area contributed by atoms with Crippen molar-refractivity contribution in [2.24, 2.45) is 5.92 Å². The fraction of sp³-hybridized carbons (Fsp3) is 0.391. The number of ether oxygens (including phenoxy) is 3. The van der Waals surface area contributed by atoms with E-state index in [1.54, 1.807) is 37.3 Å². The zero-order chi connectivity index (χ0) is 23.0. The van der Waals surface area contributed by atoms with Gasteiger partial charge in [0.15, 0.2) is 11.5 Å². The van der Waals surface area contributed by atoms with Gasteiger partial charge < -0.3 is 19.1 Å². The SMILES string of the molecule is COC(=O)[C@@H]1C(=O)N2CCc3cc(OC)c(OC)cc3[C@@H]2C[C@H]1c1ccccc1[N+](=O)[O-]. The number of fused-ring (bicyclic) bond motifs is 3. The Labute approximate surface area is 185 Å². The van der Waals surface area contributed by atoms with E-state index < -0.39 is 22.7 Å². The van der Waals surface area contributed by atoms with Crippen molar-refractivity contribution in [1.82, 2.24) is 4.90 Å². The van der Waals surface area contributed by atoms with Crippen LogP contribution in [0.25, 0.3) is 0 Å². The summed E-state index contributed by atoms with van der Waals surface area (Å²) in [5, 5.41) is 11.7. The van der Waals surface area contributed by atoms with Crippen LogP contribution in [0.3, 0.4) is 0 Å². The van der Waals surface area contributed by atoms with Crippen molar-refractivity contribution in [2.45, 2.75) is 24.8 Å². The summed E-state index contributed by atoms with van der Waals surface area (Å²) < 4.78 is 15.8. The van der Waals surface area contributed by atoms with Gasteiger partial charge in [0.2, 0.25) is 5.91 Å². The molecule has 0 saturated carbocycles. The van der Waals surface area contributed by atoms with Gasteiger partial charge in [-0.2, -0.15) is 0 Å². The predicted octanol–water partition coefficient (Wildman–Crippen LogP) is 3.01. The van der Waals surface area contributed by atoms with E-state index in [-0.39, 0.29) is 17.6 Å². The van der Waals surface area contributed by atoms with Crippen molar-refractivity contribution in [3.8, 4) is 11.5 Å². The van der Waals surface area contributed by atoms with E-state index in [0.717, 1.165) is 11.1 Å². The second-order valence-electron chi connectivity index (χ2n) is 7.86. The summed E-state index contributed by atoms with van der Waals surface area (Å²) in [4.78, 5) is 39.1. The maximum Gasteiger partial charge on any atom is 0.318 e. The van der Waals surface area contributed by atoms with Crippen molar-refractivity contribution in [3.05, 3.63) is 63.2 Å². The lowest BCUT2D eigenvalue weighted by atomic mass is 9.73. The smallest absolute Gasteiger partial charge is 0.318 e. The highest BCUT2D eigenvalue weighted by Gasteiger charge is 2.50. The van der Waals surface area contributed by atoms with Crippen molar-refractivity contribution >= 4 is 17.6 Å². The number of amides is 1. The third-order valence-corrected chi connectivity index (χ3v) is 6.42. The zero-order valence-corrected chi connectivity index (χ0v) is 18.1. The number of carbonyl (C=O) groups is 2. The topological polar surface area (TPSA) is 108 Å². The van der Waals surface area contributed by atoms with Crippen molar-refractivity contribution < 1.29 is 28.7 Å². The molecular formula is C23H24N2O7. The van der Waals surface area contributed by atoms with Crippen LogP contribution in [0.2, 0.25) is 0 Å². The summed E-state index contributed by atoms with van der Waals surface area (Å²) in [5.41, 5.74) is 2.16. The standard InChI is InChI=1S/C23H24N2O7/c1-30-19-10-13-8-9-24-18(15(13)12-20(19)31-2)11-16(21(22(24)26)23(27)32-3)14-6-4-5-7-17(14)25(28)29/h4-7,10,12,16,18,21H,8-9,11H2,1-3H3/t16-,18-,21-/m0/s1. The van der Waals surface area contributed by atoms with Gasteiger partial charge in [0.05, 0.1) is 32.3 Å². The number of nitro benzene ring substituents is 1. The third-order valence-electron chi connectivity index (χ3n) is 6.42. The van der Waals surface area contributed by atoms with E-state index in [9.17, 15) is 19.7 Å². The summed E-state index contributed by atoms with van der Waals surface area (Å²) in [7, 11) is 4.33. The molecule has 32 heavy (non-hydrogen) atoms. The molecule has 0 radical (unpaired) electrons. The molecule has 0 spiro atoms. The number of carbonyl (C=O) groups excluding carboxylic acids is 2. The average molecular weight is 440 g/mol. The molecule has 1 amide bonds. The predicted molar refractivity (Wildman–Crippen MR) is 114 cm³/mol. The molecule has 4 rings (SSSR count). The Kier molecular flexibility index (Phi) is 5.73. The molecule has 0 aliphatic carbocycles. The van der Waals surface area contributed by atoms with Crippen LogP contribution in [0.4, 0.5) is 5.69 Å². The van der Waals surface area contributed by atoms with Crippen molar-refractivity contribution in [3.63, 3.8) is 0 Å². The maximum atomic E-state index is 13.5. The van der Waals surface area contributed by atoms with Gasteiger partial charge in [-0.3, -0.25) is 19.7 Å². The molecule has 0 aromatic heterocycles. The van der Waals surface area contributed by atoms with Crippen LogP contribution in [0.5, 0.6) is 11.5 Å². The fourth-order valence-electron chi connectivity index (χ4n) is 4.94. The Hall–Kier alpha value is -3.62. The number of piperidine rings is 1. The van der Waals surface area contributed by atoms with Crippen LogP contribution < -0.4 is 9.47 Å². The summed E-state index contributed by atoms with van der Waals surface area (Å²) in [6.45, 7) is 0.434. The molecule has 3 atom stereocenters. The highest BCUT2D eigenvalue weighted by atomic mass is 16.6. The molecule has 1 saturated heterocycles. The number of para-hydroxylation sites is 1. The first-order chi connectivity index (χ1) is 15.4. The van der Waals surface area contributed by atoms with Crippen LogP contribution in [0, 0.1) is 16.0 Å². The van der Waals surface area contributed by atoms with E-state index in [0.29, 0.717) is 36.4 Å². The normalized spacial score (nSPS) is 21.9. The molecule has 0 bridgehead atoms. The van der Waals surface area contributed by atoms with Gasteiger partial charge in [0.1, 0.15) is 5.92 Å². The van der Waals surface area contributed by atoms with Gasteiger partial charge in [0.25, 0.3) is 5.69 Å². The van der Waals surface area contributed by atoms with E-state index in [4.69, 9.17) is 14.2 Å². The van der Waals surface area contributed by atoms with Gasteiger partial charge in [-0.05, 0) is 36.1 Å². The van der Waals surface area contributed by atoms with Gasteiger partial charge in [-0.15, -0.1) is 0 Å². The Balaban J connectivity index is 1.85. The number of benzene rings is 2. The molecule has 9 nitrogen and oxygen atoms in total. The second kappa shape index (κ2) is 8.49. The lowest BCUT2D eigenvalue weighted by Crippen LogP contribution is -2.52. The van der Waals surface area contributed by atoms with E-state index >= 15 is 0 Å². The van der Waals surface area contributed by atoms with E-state index in [1.807, 2.05) is 12.1 Å². The highest BCUT2D eigenvalue weighted by Crippen LogP contribution is 2.49. The minimum Gasteiger partial charge on any atom is -0.493 e. The first-order valence-electron chi connectivity index (χ1n) is 10.3. The van der Waals surface area contributed by atoms with Crippen molar-refractivity contribution in [1.29, 1.82) is 0 Å². The molecule has 2 aliphatic heterocycles. The van der Waals surface area contributed by atoms with Crippen LogP contribution in [0.15, 0.2) is 36.4 Å². The number of rotatable bonds is 5. The number of hydrogen-bond acceptors (Lipinski definition) is 7. The third kappa shape index (κ3) is 3.43. The monoisotopic (exact) mass is 440 g/mol. The Bertz CT molecular complexity index is 1080. The molecule has 2 aliphatic rings. The van der Waals surface area contributed by atoms with Crippen LogP contribution in [-0.4, -0.2) is 49.6 Å². The molecule has 2 aromatic rings. The van der Waals surface area contributed by atoms with Gasteiger partial charge in [-0.25, -0.2) is 0 Å². The lowest BCUT2D eigenvalue weighted by Gasteiger charge is -2.46. The second-order valence-corrected chi connectivity index (χ2v) is 7.86. The van der Waals surface area contributed by atoms with Crippen LogP contribution in [-0.2, 0) is 20.7 Å². The molecule has 9 heteroatoms. The number of hydrogen-bond donors (Lipinski definition) is 0. The highest BCUT2D eigenvalue weighted by molar-refractivity contribution is 6.00. The van der Waals surface area contributed by atoms with Gasteiger partial charge in [0, 0.05) is 24.1 Å². The first kappa shape index (κ1) is 21.6. The molecule has 0 unspecified atom stereocenters. The Morgan fingerprint density at radius 2 is 1.78 bits per heavy atom. The molecule has 2 aromatic carbocycles. The van der Waals surface area contributed by atoms with Gasteiger partial charge in [-0.1, -0.05) is 18.2 Å². The van der Waals surface area contributed by atoms with Crippen molar-refractivity contribution in [2.75, 3.05) is 27.9 Å². The molecule has 2 heterocycles. The largest absolute Gasteiger partial charge is 0.493 e. The molecule has 0 N–H and O–H groups in total. The summed E-state index contributed by atoms with van der Waals surface area (Å²) in [6.07, 6.45) is 0.945. The first-order valence-corrected chi connectivity index (χ1v) is 10.3. The number of nitrogens with zero attached hydrogens (tertiary/aromatic N) is 2. The van der Waals surface area contributed by atoms with E-state index in [2.05, 4.69) is 0 Å². The van der Waals surface area contributed by atoms with E-state index in [1.165, 1.54) is 13.2 Å². The minimum absolute atomic E-state index is 0.115. The number of methoxy groups -OCH3 is 3. The average Bonchev–Trinajstić information content (AvgIpc) is 2.82. The number of esters is 1. The lowest BCUT2D eigenvalue weighted by molar-refractivity contribution is -0.385. The zero-order valence-electron chi connectivity index (χ0n) is 18.1. The van der Waals surface area contributed by atoms with Gasteiger partial charge >= 0.3 is 5.97 Å². The summed E-state index contributed by atoms with van der Waals surface area (Å²) in [6, 6.07) is 9.66. The molecule has 1 fully saturated rings. The maximum absolute atomic E-state index is 13.5. The minimum atomic E-state index is -1.14.